The number of hydrogen-bond donors (Lipinski definition) is 7. The van der Waals surface area contributed by atoms with Gasteiger partial charge in [-0.15, -0.1) is 0 Å². The van der Waals surface area contributed by atoms with Gasteiger partial charge in [0.25, 0.3) is 0 Å². The number of esters is 3. The van der Waals surface area contributed by atoms with Gasteiger partial charge >= 0.3 is 17.9 Å². The Hall–Kier alpha value is -5.35. The van der Waals surface area contributed by atoms with E-state index in [-0.39, 0.29) is 43.1 Å². The number of aliphatic hydroxyl groups excluding tert-OH is 2. The van der Waals surface area contributed by atoms with Crippen LogP contribution in [-0.2, 0) is 57.3 Å². The first-order chi connectivity index (χ1) is 23.8. The van der Waals surface area contributed by atoms with Gasteiger partial charge < -0.3 is 59.4 Å². The molecule has 15 heteroatoms. The summed E-state index contributed by atoms with van der Waals surface area (Å²) in [4.78, 5) is 39.0. The van der Waals surface area contributed by atoms with Crippen LogP contribution in [0, 0.1) is 0 Å². The lowest BCUT2D eigenvalue weighted by Crippen LogP contribution is -2.62. The van der Waals surface area contributed by atoms with Crippen LogP contribution >= 0.6 is 0 Å². The first-order valence-electron chi connectivity index (χ1n) is 15.4. The molecule has 1 fully saturated rings. The molecule has 4 rings (SSSR count). The number of carbonyl (C=O) groups is 3. The summed E-state index contributed by atoms with van der Waals surface area (Å²) in [6.45, 7) is 0.606. The van der Waals surface area contributed by atoms with Crippen LogP contribution in [0.15, 0.2) is 72.3 Å². The fraction of sp³-hybridized carbons (Fsp3) is 0.343. The van der Waals surface area contributed by atoms with Crippen molar-refractivity contribution >= 4 is 17.9 Å². The minimum atomic E-state index is -1.74. The van der Waals surface area contributed by atoms with Crippen LogP contribution in [0.3, 0.4) is 0 Å². The molecule has 15 nitrogen and oxygen atoms in total. The second-order valence-electron chi connectivity index (χ2n) is 11.5. The van der Waals surface area contributed by atoms with E-state index in [1.54, 1.807) is 6.92 Å². The highest BCUT2D eigenvalue weighted by molar-refractivity contribution is 5.74. The molecule has 1 aliphatic rings. The lowest BCUT2D eigenvalue weighted by molar-refractivity contribution is -0.305. The monoisotopic (exact) mass is 698 g/mol. The lowest BCUT2D eigenvalue weighted by atomic mass is 9.98. The van der Waals surface area contributed by atoms with E-state index in [0.717, 1.165) is 6.07 Å². The smallest absolute Gasteiger partial charge is 0.310 e. The number of aliphatic hydroxyl groups is 2. The van der Waals surface area contributed by atoms with Crippen molar-refractivity contribution in [1.82, 2.24) is 0 Å². The van der Waals surface area contributed by atoms with Crippen LogP contribution in [0.2, 0.25) is 0 Å². The Kier molecular flexibility index (Phi) is 13.0. The molecule has 0 spiro atoms. The van der Waals surface area contributed by atoms with Crippen LogP contribution in [-0.4, -0.2) is 104 Å². The molecule has 5 unspecified atom stereocenters. The molecule has 1 aliphatic heterocycles. The summed E-state index contributed by atoms with van der Waals surface area (Å²) in [6.07, 6.45) is -7.44. The Balaban J connectivity index is 1.58. The zero-order valence-electron chi connectivity index (χ0n) is 26.9. The Morgan fingerprint density at radius 3 is 1.80 bits per heavy atom. The quantitative estimate of drug-likeness (QED) is 0.0548. The van der Waals surface area contributed by atoms with Gasteiger partial charge in [-0.3, -0.25) is 14.4 Å². The highest BCUT2D eigenvalue weighted by atomic mass is 16.7. The molecule has 0 bridgehead atoms. The third-order valence-electron chi connectivity index (χ3n) is 7.54. The van der Waals surface area contributed by atoms with Crippen LogP contribution in [0.1, 0.15) is 23.6 Å². The highest BCUT2D eigenvalue weighted by Crippen LogP contribution is 2.30. The standard InChI is InChI=1S/C35H38O15/c1-19(10-11-36)17-47-35-34(50-31(44)16-22-5-9-25(39)27(41)13-22)33(49-30(43)14-20-2-6-23(37)7-3-20)32(45)28(48-35)18-46-29(42)15-21-4-8-24(38)26(40)12-21/h2-10,12-13,28,32-41,45H,11,14-18H2,1H3. The maximum atomic E-state index is 13.2. The Morgan fingerprint density at radius 1 is 0.720 bits per heavy atom. The summed E-state index contributed by atoms with van der Waals surface area (Å²) in [5.74, 6) is -4.28. The Bertz CT molecular complexity index is 1670. The third-order valence-corrected chi connectivity index (χ3v) is 7.54. The van der Waals surface area contributed by atoms with E-state index in [1.165, 1.54) is 60.7 Å². The van der Waals surface area contributed by atoms with E-state index in [0.29, 0.717) is 16.7 Å². The van der Waals surface area contributed by atoms with Crippen molar-refractivity contribution in [2.75, 3.05) is 19.8 Å². The first-order valence-corrected chi connectivity index (χ1v) is 15.4. The SMILES string of the molecule is CC(=CCO)COC1OC(COC(=O)Cc2ccc(O)c(O)c2)C(O)C(OC(=O)Cc2ccc(O)cc2)C1OC(=O)Cc1ccc(O)c(O)c1. The van der Waals surface area contributed by atoms with Crippen LogP contribution in [0.25, 0.3) is 0 Å². The lowest BCUT2D eigenvalue weighted by Gasteiger charge is -2.43. The average molecular weight is 699 g/mol. The minimum absolute atomic E-state index is 0.0268. The van der Waals surface area contributed by atoms with Crippen molar-refractivity contribution in [2.24, 2.45) is 0 Å². The molecule has 3 aromatic rings. The second kappa shape index (κ2) is 17.3. The van der Waals surface area contributed by atoms with Gasteiger partial charge in [0.1, 0.15) is 24.6 Å². The van der Waals surface area contributed by atoms with Gasteiger partial charge in [-0.2, -0.15) is 0 Å². The number of benzene rings is 3. The van der Waals surface area contributed by atoms with Crippen LogP contribution < -0.4 is 0 Å². The van der Waals surface area contributed by atoms with Gasteiger partial charge in [0.2, 0.25) is 0 Å². The van der Waals surface area contributed by atoms with Crippen molar-refractivity contribution < 1.29 is 73.8 Å². The van der Waals surface area contributed by atoms with Crippen molar-refractivity contribution in [3.63, 3.8) is 0 Å². The van der Waals surface area contributed by atoms with Crippen molar-refractivity contribution in [1.29, 1.82) is 0 Å². The Morgan fingerprint density at radius 2 is 1.24 bits per heavy atom. The summed E-state index contributed by atoms with van der Waals surface area (Å²) in [5.41, 5.74) is 1.58. The van der Waals surface area contributed by atoms with Crippen LogP contribution in [0.4, 0.5) is 0 Å². The molecule has 0 radical (unpaired) electrons. The Labute approximate surface area is 286 Å². The summed E-state index contributed by atoms with van der Waals surface area (Å²) in [6, 6.07) is 13.2. The number of phenolic OH excluding ortho intramolecular Hbond substituents is 5. The molecule has 0 aliphatic carbocycles. The minimum Gasteiger partial charge on any atom is -0.508 e. The maximum Gasteiger partial charge on any atom is 0.310 e. The van der Waals surface area contributed by atoms with Gasteiger partial charge in [-0.05, 0) is 65.6 Å². The number of rotatable bonds is 14. The van der Waals surface area contributed by atoms with Gasteiger partial charge in [0.15, 0.2) is 41.5 Å². The summed E-state index contributed by atoms with van der Waals surface area (Å²) in [5, 5.41) is 69.0. The van der Waals surface area contributed by atoms with Gasteiger partial charge in [-0.1, -0.05) is 30.3 Å². The molecule has 5 atom stereocenters. The van der Waals surface area contributed by atoms with Crippen molar-refractivity contribution in [2.45, 2.75) is 56.9 Å². The first kappa shape index (κ1) is 37.5. The zero-order valence-corrected chi connectivity index (χ0v) is 26.9. The van der Waals surface area contributed by atoms with Crippen LogP contribution in [0.5, 0.6) is 28.7 Å². The number of phenols is 5. The topological polar surface area (TPSA) is 239 Å². The molecule has 0 amide bonds. The average Bonchev–Trinajstić information content (AvgIpc) is 3.06. The summed E-state index contributed by atoms with van der Waals surface area (Å²) >= 11 is 0. The molecule has 0 aromatic heterocycles. The normalized spacial score (nSPS) is 20.5. The summed E-state index contributed by atoms with van der Waals surface area (Å²) < 4.78 is 28.5. The predicted octanol–water partition coefficient (Wildman–Crippen LogP) is 1.65. The van der Waals surface area contributed by atoms with E-state index in [1.807, 2.05) is 0 Å². The largest absolute Gasteiger partial charge is 0.508 e. The molecule has 50 heavy (non-hydrogen) atoms. The molecule has 268 valence electrons. The number of carbonyl (C=O) groups excluding carboxylic acids is 3. The van der Waals surface area contributed by atoms with E-state index < -0.39 is 78.9 Å². The van der Waals surface area contributed by atoms with Crippen molar-refractivity contribution in [3.05, 3.63) is 89.0 Å². The van der Waals surface area contributed by atoms with E-state index in [9.17, 15) is 50.1 Å². The number of hydrogen-bond acceptors (Lipinski definition) is 15. The van der Waals surface area contributed by atoms with E-state index >= 15 is 0 Å². The van der Waals surface area contributed by atoms with Gasteiger partial charge in [-0.25, -0.2) is 0 Å². The molecular weight excluding hydrogens is 660 g/mol. The highest BCUT2D eigenvalue weighted by Gasteiger charge is 2.51. The third kappa shape index (κ3) is 10.6. The molecule has 1 heterocycles. The zero-order chi connectivity index (χ0) is 36.4. The summed E-state index contributed by atoms with van der Waals surface area (Å²) in [7, 11) is 0. The number of ether oxygens (including phenoxy) is 5. The molecule has 1 saturated heterocycles. The van der Waals surface area contributed by atoms with Gasteiger partial charge in [0, 0.05) is 0 Å². The molecule has 0 saturated carbocycles. The molecule has 3 aromatic carbocycles. The van der Waals surface area contributed by atoms with Gasteiger partial charge in [0.05, 0.1) is 32.5 Å². The number of aromatic hydroxyl groups is 5. The molecular formula is C35H38O15. The molecule has 7 N–H and O–H groups in total. The van der Waals surface area contributed by atoms with Crippen molar-refractivity contribution in [3.8, 4) is 28.7 Å². The maximum absolute atomic E-state index is 13.2. The van der Waals surface area contributed by atoms with E-state index in [2.05, 4.69) is 0 Å². The predicted molar refractivity (Wildman–Crippen MR) is 171 cm³/mol. The van der Waals surface area contributed by atoms with E-state index in [4.69, 9.17) is 23.7 Å². The fourth-order valence-corrected chi connectivity index (χ4v) is 4.94. The fourth-order valence-electron chi connectivity index (χ4n) is 4.94. The second-order valence-corrected chi connectivity index (χ2v) is 11.5.